The third-order valence-electron chi connectivity index (χ3n) is 2.99. The second kappa shape index (κ2) is 5.11. The van der Waals surface area contributed by atoms with Crippen LogP contribution < -0.4 is 5.32 Å². The number of halogens is 1. The first-order chi connectivity index (χ1) is 8.22. The van der Waals surface area contributed by atoms with Gasteiger partial charge in [0.25, 0.3) is 0 Å². The van der Waals surface area contributed by atoms with Crippen LogP contribution in [-0.2, 0) is 0 Å². The minimum absolute atomic E-state index is 0.108. The van der Waals surface area contributed by atoms with Crippen molar-refractivity contribution in [1.29, 1.82) is 0 Å². The van der Waals surface area contributed by atoms with Gasteiger partial charge >= 0.3 is 0 Å². The third-order valence-corrected chi connectivity index (χ3v) is 2.99. The Morgan fingerprint density at radius 1 is 1.00 bits per heavy atom. The molecule has 1 nitrogen and oxygen atoms in total. The number of benzene rings is 2. The van der Waals surface area contributed by atoms with Gasteiger partial charge in [-0.3, -0.25) is 0 Å². The van der Waals surface area contributed by atoms with Gasteiger partial charge in [-0.05, 0) is 42.8 Å². The zero-order valence-electron chi connectivity index (χ0n) is 10.1. The molecule has 0 aromatic heterocycles. The van der Waals surface area contributed by atoms with Crippen LogP contribution in [-0.4, -0.2) is 7.05 Å². The van der Waals surface area contributed by atoms with Crippen LogP contribution in [0.4, 0.5) is 4.39 Å². The van der Waals surface area contributed by atoms with E-state index in [0.717, 1.165) is 5.56 Å². The molecule has 17 heavy (non-hydrogen) atoms. The summed E-state index contributed by atoms with van der Waals surface area (Å²) in [5, 5.41) is 3.27. The van der Waals surface area contributed by atoms with Gasteiger partial charge in [0, 0.05) is 0 Å². The van der Waals surface area contributed by atoms with E-state index in [0.29, 0.717) is 0 Å². The first-order valence-electron chi connectivity index (χ1n) is 5.70. The maximum Gasteiger partial charge on any atom is 0.123 e. The standard InChI is InChI=1S/C15H16FN/c1-11-5-3-4-6-14(11)15(17-2)12-7-9-13(16)10-8-12/h3-10,15,17H,1-2H3. The minimum atomic E-state index is -0.201. The fourth-order valence-electron chi connectivity index (χ4n) is 2.07. The van der Waals surface area contributed by atoms with Crippen molar-refractivity contribution in [2.45, 2.75) is 13.0 Å². The normalized spacial score (nSPS) is 12.4. The predicted molar refractivity (Wildman–Crippen MR) is 68.5 cm³/mol. The lowest BCUT2D eigenvalue weighted by Crippen LogP contribution is -2.18. The molecule has 2 rings (SSSR count). The van der Waals surface area contributed by atoms with E-state index in [1.807, 2.05) is 31.3 Å². The summed E-state index contributed by atoms with van der Waals surface area (Å²) in [5.74, 6) is -0.201. The lowest BCUT2D eigenvalue weighted by atomic mass is 9.95. The zero-order valence-corrected chi connectivity index (χ0v) is 10.1. The van der Waals surface area contributed by atoms with Crippen molar-refractivity contribution >= 4 is 0 Å². The van der Waals surface area contributed by atoms with Gasteiger partial charge in [-0.25, -0.2) is 4.39 Å². The monoisotopic (exact) mass is 229 g/mol. The highest BCUT2D eigenvalue weighted by Gasteiger charge is 2.13. The molecule has 88 valence electrons. The van der Waals surface area contributed by atoms with E-state index in [1.54, 1.807) is 0 Å². The largest absolute Gasteiger partial charge is 0.309 e. The van der Waals surface area contributed by atoms with Crippen LogP contribution in [0.3, 0.4) is 0 Å². The first kappa shape index (κ1) is 11.8. The van der Waals surface area contributed by atoms with Crippen molar-refractivity contribution < 1.29 is 4.39 Å². The van der Waals surface area contributed by atoms with Crippen LogP contribution in [0.1, 0.15) is 22.7 Å². The first-order valence-corrected chi connectivity index (χ1v) is 5.70. The Hall–Kier alpha value is -1.67. The fourth-order valence-corrected chi connectivity index (χ4v) is 2.07. The van der Waals surface area contributed by atoms with E-state index in [-0.39, 0.29) is 11.9 Å². The molecule has 0 aliphatic rings. The molecule has 2 aromatic carbocycles. The summed E-state index contributed by atoms with van der Waals surface area (Å²) in [6.07, 6.45) is 0. The molecule has 0 bridgehead atoms. The summed E-state index contributed by atoms with van der Waals surface area (Å²) in [6.45, 7) is 2.09. The van der Waals surface area contributed by atoms with E-state index >= 15 is 0 Å². The molecular formula is C15H16FN. The summed E-state index contributed by atoms with van der Waals surface area (Å²) >= 11 is 0. The van der Waals surface area contributed by atoms with Gasteiger partial charge in [-0.1, -0.05) is 36.4 Å². The summed E-state index contributed by atoms with van der Waals surface area (Å²) in [6, 6.07) is 15.0. The third kappa shape index (κ3) is 2.53. The Morgan fingerprint density at radius 2 is 1.65 bits per heavy atom. The molecule has 1 unspecified atom stereocenters. The van der Waals surface area contributed by atoms with Crippen LogP contribution in [0, 0.1) is 12.7 Å². The minimum Gasteiger partial charge on any atom is -0.309 e. The van der Waals surface area contributed by atoms with E-state index in [2.05, 4.69) is 24.4 Å². The van der Waals surface area contributed by atoms with Crippen molar-refractivity contribution in [2.24, 2.45) is 0 Å². The second-order valence-electron chi connectivity index (χ2n) is 4.13. The second-order valence-corrected chi connectivity index (χ2v) is 4.13. The van der Waals surface area contributed by atoms with Crippen molar-refractivity contribution in [3.8, 4) is 0 Å². The van der Waals surface area contributed by atoms with Gasteiger partial charge in [0.15, 0.2) is 0 Å². The van der Waals surface area contributed by atoms with Crippen molar-refractivity contribution in [3.63, 3.8) is 0 Å². The molecular weight excluding hydrogens is 213 g/mol. The fraction of sp³-hybridized carbons (Fsp3) is 0.200. The Morgan fingerprint density at radius 3 is 2.24 bits per heavy atom. The summed E-state index contributed by atoms with van der Waals surface area (Å²) in [5.41, 5.74) is 3.53. The van der Waals surface area contributed by atoms with Gasteiger partial charge in [-0.2, -0.15) is 0 Å². The Labute approximate surface area is 101 Å². The van der Waals surface area contributed by atoms with Gasteiger partial charge in [-0.15, -0.1) is 0 Å². The predicted octanol–water partition coefficient (Wildman–Crippen LogP) is 3.44. The number of nitrogens with one attached hydrogen (secondary N) is 1. The molecule has 0 heterocycles. The molecule has 2 aromatic rings. The molecule has 0 fully saturated rings. The molecule has 1 atom stereocenters. The lowest BCUT2D eigenvalue weighted by molar-refractivity contribution is 0.623. The Bertz CT molecular complexity index is 491. The average molecular weight is 229 g/mol. The molecule has 0 amide bonds. The summed E-state index contributed by atoms with van der Waals surface area (Å²) < 4.78 is 12.9. The van der Waals surface area contributed by atoms with Crippen LogP contribution in [0.15, 0.2) is 48.5 Å². The highest BCUT2D eigenvalue weighted by Crippen LogP contribution is 2.24. The quantitative estimate of drug-likeness (QED) is 0.850. The molecule has 0 aliphatic heterocycles. The Kier molecular flexibility index (Phi) is 3.55. The maximum atomic E-state index is 12.9. The SMILES string of the molecule is CNC(c1ccc(F)cc1)c1ccccc1C. The number of rotatable bonds is 3. The van der Waals surface area contributed by atoms with Gasteiger partial charge in [0.1, 0.15) is 5.82 Å². The van der Waals surface area contributed by atoms with Crippen molar-refractivity contribution in [2.75, 3.05) is 7.05 Å². The van der Waals surface area contributed by atoms with E-state index in [4.69, 9.17) is 0 Å². The van der Waals surface area contributed by atoms with Crippen LogP contribution in [0.2, 0.25) is 0 Å². The van der Waals surface area contributed by atoms with Crippen molar-refractivity contribution in [1.82, 2.24) is 5.32 Å². The average Bonchev–Trinajstić information content (AvgIpc) is 2.35. The molecule has 0 saturated carbocycles. The molecule has 0 aliphatic carbocycles. The highest BCUT2D eigenvalue weighted by molar-refractivity contribution is 5.36. The zero-order chi connectivity index (χ0) is 12.3. The van der Waals surface area contributed by atoms with Crippen LogP contribution in [0.5, 0.6) is 0 Å². The molecule has 0 radical (unpaired) electrons. The van der Waals surface area contributed by atoms with Crippen molar-refractivity contribution in [3.05, 3.63) is 71.0 Å². The molecule has 1 N–H and O–H groups in total. The van der Waals surface area contributed by atoms with E-state index in [1.165, 1.54) is 23.3 Å². The molecule has 0 spiro atoms. The number of hydrogen-bond acceptors (Lipinski definition) is 1. The van der Waals surface area contributed by atoms with Gasteiger partial charge in [0.2, 0.25) is 0 Å². The lowest BCUT2D eigenvalue weighted by Gasteiger charge is -2.19. The summed E-state index contributed by atoms with van der Waals surface area (Å²) in [4.78, 5) is 0. The number of aryl methyl sites for hydroxylation is 1. The summed E-state index contributed by atoms with van der Waals surface area (Å²) in [7, 11) is 1.92. The highest BCUT2D eigenvalue weighted by atomic mass is 19.1. The van der Waals surface area contributed by atoms with Crippen LogP contribution in [0.25, 0.3) is 0 Å². The maximum absolute atomic E-state index is 12.9. The molecule has 0 saturated heterocycles. The smallest absolute Gasteiger partial charge is 0.123 e. The van der Waals surface area contributed by atoms with Crippen LogP contribution >= 0.6 is 0 Å². The van der Waals surface area contributed by atoms with Gasteiger partial charge in [0.05, 0.1) is 6.04 Å². The molecule has 2 heteroatoms. The van der Waals surface area contributed by atoms with E-state index in [9.17, 15) is 4.39 Å². The number of hydrogen-bond donors (Lipinski definition) is 1. The topological polar surface area (TPSA) is 12.0 Å². The van der Waals surface area contributed by atoms with E-state index < -0.39 is 0 Å². The Balaban J connectivity index is 2.40. The van der Waals surface area contributed by atoms with Gasteiger partial charge < -0.3 is 5.32 Å².